The third-order valence-electron chi connectivity index (χ3n) is 5.63. The van der Waals surface area contributed by atoms with Crippen LogP contribution in [0.15, 0.2) is 18.2 Å². The number of ether oxygens (including phenoxy) is 1. The summed E-state index contributed by atoms with van der Waals surface area (Å²) in [7, 11) is 0. The monoisotopic (exact) mass is 360 g/mol. The minimum Gasteiger partial charge on any atom is -0.480 e. The zero-order chi connectivity index (χ0) is 18.9. The van der Waals surface area contributed by atoms with Gasteiger partial charge in [-0.1, -0.05) is 32.4 Å². The Hall–Kier alpha value is -1.55. The number of nitrogens with one attached hydrogen (secondary N) is 1. The molecule has 146 valence electrons. The van der Waals surface area contributed by atoms with Gasteiger partial charge in [-0.05, 0) is 69.7 Å². The topological polar surface area (TPSA) is 41.6 Å². The molecule has 1 amide bonds. The third kappa shape index (κ3) is 5.73. The van der Waals surface area contributed by atoms with Crippen LogP contribution in [0.5, 0.6) is 5.75 Å². The summed E-state index contributed by atoms with van der Waals surface area (Å²) >= 11 is 0. The molecule has 1 aromatic carbocycles. The van der Waals surface area contributed by atoms with Crippen molar-refractivity contribution in [3.8, 4) is 5.75 Å². The molecule has 1 fully saturated rings. The molecule has 1 heterocycles. The van der Waals surface area contributed by atoms with E-state index >= 15 is 0 Å². The number of hydrogen-bond donors (Lipinski definition) is 1. The van der Waals surface area contributed by atoms with E-state index in [1.165, 1.54) is 37.8 Å². The van der Waals surface area contributed by atoms with E-state index in [0.29, 0.717) is 6.42 Å². The summed E-state index contributed by atoms with van der Waals surface area (Å²) in [6, 6.07) is 6.72. The highest BCUT2D eigenvalue weighted by molar-refractivity contribution is 5.81. The molecule has 1 aliphatic heterocycles. The summed E-state index contributed by atoms with van der Waals surface area (Å²) in [5.74, 6) is 0.810. The second-order valence-corrected chi connectivity index (χ2v) is 7.45. The van der Waals surface area contributed by atoms with Crippen molar-refractivity contribution in [3.05, 3.63) is 29.3 Å². The van der Waals surface area contributed by atoms with Gasteiger partial charge in [-0.15, -0.1) is 0 Å². The summed E-state index contributed by atoms with van der Waals surface area (Å²) in [5, 5.41) is 3.07. The highest BCUT2D eigenvalue weighted by Gasteiger charge is 2.21. The van der Waals surface area contributed by atoms with Crippen LogP contribution in [0, 0.1) is 13.8 Å². The Morgan fingerprint density at radius 1 is 1.31 bits per heavy atom. The normalized spacial score (nSPS) is 19.2. The molecule has 2 unspecified atom stereocenters. The summed E-state index contributed by atoms with van der Waals surface area (Å²) < 4.78 is 6.00. The molecule has 0 aromatic heterocycles. The maximum atomic E-state index is 12.5. The van der Waals surface area contributed by atoms with Gasteiger partial charge in [0.25, 0.3) is 5.91 Å². The van der Waals surface area contributed by atoms with Gasteiger partial charge in [0.05, 0.1) is 0 Å². The zero-order valence-corrected chi connectivity index (χ0v) is 17.0. The van der Waals surface area contributed by atoms with Gasteiger partial charge in [0.15, 0.2) is 6.10 Å². The van der Waals surface area contributed by atoms with Crippen molar-refractivity contribution in [2.75, 3.05) is 19.6 Å². The lowest BCUT2D eigenvalue weighted by Gasteiger charge is -2.35. The van der Waals surface area contributed by atoms with Crippen LogP contribution >= 0.6 is 0 Å². The van der Waals surface area contributed by atoms with Crippen LogP contribution in [-0.4, -0.2) is 42.6 Å². The lowest BCUT2D eigenvalue weighted by molar-refractivity contribution is -0.128. The summed E-state index contributed by atoms with van der Waals surface area (Å²) in [6.45, 7) is 11.4. The van der Waals surface area contributed by atoms with E-state index in [2.05, 4.69) is 30.1 Å². The van der Waals surface area contributed by atoms with Crippen LogP contribution < -0.4 is 10.1 Å². The van der Waals surface area contributed by atoms with Gasteiger partial charge in [-0.3, -0.25) is 4.79 Å². The van der Waals surface area contributed by atoms with Gasteiger partial charge in [0, 0.05) is 19.1 Å². The Morgan fingerprint density at radius 2 is 2.12 bits per heavy atom. The molecule has 0 aliphatic carbocycles. The molecule has 0 bridgehead atoms. The standard InChI is InChI=1S/C22H36N2O2/c1-5-19-12-7-8-15-24(19)16-10-14-23-22(25)20(6-2)26-21-13-9-11-17(3)18(21)4/h9,11,13,19-20H,5-8,10,12,14-16H2,1-4H3,(H,23,25). The Balaban J connectivity index is 1.77. The number of carbonyl (C=O) groups excluding carboxylic acids is 1. The second kappa shape index (κ2) is 10.6. The zero-order valence-electron chi connectivity index (χ0n) is 17.0. The van der Waals surface area contributed by atoms with E-state index in [-0.39, 0.29) is 5.91 Å². The van der Waals surface area contributed by atoms with Crippen LogP contribution in [0.2, 0.25) is 0 Å². The van der Waals surface area contributed by atoms with Crippen LogP contribution in [0.3, 0.4) is 0 Å². The number of amides is 1. The largest absolute Gasteiger partial charge is 0.480 e. The van der Waals surface area contributed by atoms with Crippen LogP contribution in [-0.2, 0) is 4.79 Å². The maximum Gasteiger partial charge on any atom is 0.261 e. The minimum atomic E-state index is -0.422. The van der Waals surface area contributed by atoms with E-state index < -0.39 is 6.10 Å². The number of likely N-dealkylation sites (tertiary alicyclic amines) is 1. The van der Waals surface area contributed by atoms with Crippen molar-refractivity contribution in [2.24, 2.45) is 0 Å². The van der Waals surface area contributed by atoms with Gasteiger partial charge in [0.1, 0.15) is 5.75 Å². The van der Waals surface area contributed by atoms with E-state index in [4.69, 9.17) is 4.74 Å². The van der Waals surface area contributed by atoms with Crippen molar-refractivity contribution in [2.45, 2.75) is 78.4 Å². The Kier molecular flexibility index (Phi) is 8.43. The Bertz CT molecular complexity index is 573. The molecule has 1 aliphatic rings. The van der Waals surface area contributed by atoms with Crippen LogP contribution in [0.1, 0.15) is 63.5 Å². The number of nitrogens with zero attached hydrogens (tertiary/aromatic N) is 1. The molecule has 0 spiro atoms. The lowest BCUT2D eigenvalue weighted by Crippen LogP contribution is -2.42. The molecule has 0 saturated carbocycles. The van der Waals surface area contributed by atoms with E-state index in [0.717, 1.165) is 36.9 Å². The Morgan fingerprint density at radius 3 is 2.85 bits per heavy atom. The fourth-order valence-corrected chi connectivity index (χ4v) is 3.75. The van der Waals surface area contributed by atoms with Crippen molar-refractivity contribution in [1.82, 2.24) is 10.2 Å². The summed E-state index contributed by atoms with van der Waals surface area (Å²) in [5.41, 5.74) is 2.29. The molecular formula is C22H36N2O2. The smallest absolute Gasteiger partial charge is 0.261 e. The molecule has 4 heteroatoms. The van der Waals surface area contributed by atoms with E-state index in [1.807, 2.05) is 26.0 Å². The first-order chi connectivity index (χ1) is 12.6. The van der Waals surface area contributed by atoms with Gasteiger partial charge in [-0.25, -0.2) is 0 Å². The van der Waals surface area contributed by atoms with Gasteiger partial charge < -0.3 is 15.0 Å². The average Bonchev–Trinajstić information content (AvgIpc) is 2.66. The van der Waals surface area contributed by atoms with Crippen molar-refractivity contribution in [3.63, 3.8) is 0 Å². The number of piperidine rings is 1. The average molecular weight is 361 g/mol. The second-order valence-electron chi connectivity index (χ2n) is 7.45. The third-order valence-corrected chi connectivity index (χ3v) is 5.63. The molecule has 26 heavy (non-hydrogen) atoms. The van der Waals surface area contributed by atoms with E-state index in [9.17, 15) is 4.79 Å². The van der Waals surface area contributed by atoms with Crippen LogP contribution in [0.25, 0.3) is 0 Å². The SMILES string of the molecule is CCC(Oc1cccc(C)c1C)C(=O)NCCCN1CCCCC1CC. The Labute approximate surface area is 159 Å². The molecule has 1 saturated heterocycles. The molecule has 4 nitrogen and oxygen atoms in total. The first-order valence-corrected chi connectivity index (χ1v) is 10.3. The number of aryl methyl sites for hydroxylation is 1. The molecule has 1 aromatic rings. The summed E-state index contributed by atoms with van der Waals surface area (Å²) in [4.78, 5) is 15.1. The molecule has 1 N–H and O–H groups in total. The van der Waals surface area contributed by atoms with Crippen LogP contribution in [0.4, 0.5) is 0 Å². The quantitative estimate of drug-likeness (QED) is 0.670. The summed E-state index contributed by atoms with van der Waals surface area (Å²) in [6.07, 6.45) is 6.47. The fourth-order valence-electron chi connectivity index (χ4n) is 3.75. The number of hydrogen-bond acceptors (Lipinski definition) is 3. The van der Waals surface area contributed by atoms with Crippen molar-refractivity contribution < 1.29 is 9.53 Å². The molecular weight excluding hydrogens is 324 g/mol. The maximum absolute atomic E-state index is 12.5. The first kappa shape index (κ1) is 20.8. The van der Waals surface area contributed by atoms with Gasteiger partial charge in [-0.2, -0.15) is 0 Å². The van der Waals surface area contributed by atoms with Gasteiger partial charge in [0.2, 0.25) is 0 Å². The van der Waals surface area contributed by atoms with Crippen molar-refractivity contribution >= 4 is 5.91 Å². The fraction of sp³-hybridized carbons (Fsp3) is 0.682. The van der Waals surface area contributed by atoms with Crippen molar-refractivity contribution in [1.29, 1.82) is 0 Å². The predicted octanol–water partition coefficient (Wildman–Crippen LogP) is 4.23. The van der Waals surface area contributed by atoms with E-state index in [1.54, 1.807) is 0 Å². The first-order valence-electron chi connectivity index (χ1n) is 10.3. The molecule has 2 rings (SSSR count). The highest BCUT2D eigenvalue weighted by atomic mass is 16.5. The van der Waals surface area contributed by atoms with Gasteiger partial charge >= 0.3 is 0 Å². The highest BCUT2D eigenvalue weighted by Crippen LogP contribution is 2.22. The molecule has 2 atom stereocenters. The number of benzene rings is 1. The number of carbonyl (C=O) groups is 1. The molecule has 0 radical (unpaired) electrons. The lowest BCUT2D eigenvalue weighted by atomic mass is 10.00. The number of rotatable bonds is 9. The minimum absolute atomic E-state index is 0.000841. The predicted molar refractivity (Wildman–Crippen MR) is 108 cm³/mol.